The molecule has 6 heteroatoms. The third kappa shape index (κ3) is 2.82. The van der Waals surface area contributed by atoms with Crippen LogP contribution in [0.1, 0.15) is 13.8 Å². The van der Waals surface area contributed by atoms with Crippen molar-refractivity contribution >= 4 is 22.2 Å². The molecule has 0 spiro atoms. The third-order valence-corrected chi connectivity index (χ3v) is 5.15. The van der Waals surface area contributed by atoms with E-state index in [4.69, 9.17) is 4.98 Å². The molecule has 1 saturated heterocycles. The Hall–Kier alpha value is -2.99. The number of nitrogens with one attached hydrogen (secondary N) is 1. The molecule has 0 atom stereocenters. The summed E-state index contributed by atoms with van der Waals surface area (Å²) >= 11 is 0. The van der Waals surface area contributed by atoms with E-state index in [9.17, 15) is 0 Å². The van der Waals surface area contributed by atoms with E-state index in [1.165, 1.54) is 5.69 Å². The quantitative estimate of drug-likeness (QED) is 0.597. The molecule has 4 heterocycles. The Morgan fingerprint density at radius 3 is 2.81 bits per heavy atom. The summed E-state index contributed by atoms with van der Waals surface area (Å²) in [5, 5.41) is 13.3. The largest absolute Gasteiger partial charge is 0.367 e. The van der Waals surface area contributed by atoms with Crippen molar-refractivity contribution in [3.8, 4) is 11.5 Å². The van der Waals surface area contributed by atoms with Crippen LogP contribution in [0.15, 0.2) is 54.7 Å². The number of aromatic nitrogens is 4. The Balaban J connectivity index is 1.65. The molecule has 1 aliphatic rings. The fraction of sp³-hybridized carbons (Fsp3) is 0.286. The van der Waals surface area contributed by atoms with Gasteiger partial charge in [-0.25, -0.2) is 4.98 Å². The van der Waals surface area contributed by atoms with Gasteiger partial charge in [0, 0.05) is 36.8 Å². The van der Waals surface area contributed by atoms with Crippen LogP contribution in [0, 0.1) is 0 Å². The molecule has 3 aromatic heterocycles. The number of para-hydroxylation sites is 1. The van der Waals surface area contributed by atoms with E-state index >= 15 is 0 Å². The van der Waals surface area contributed by atoms with Gasteiger partial charge in [-0.3, -0.25) is 4.40 Å². The zero-order valence-corrected chi connectivity index (χ0v) is 15.6. The minimum Gasteiger partial charge on any atom is -0.367 e. The molecule has 5 rings (SSSR count). The monoisotopic (exact) mass is 358 g/mol. The lowest BCUT2D eigenvalue weighted by Gasteiger charge is -2.40. The Kier molecular flexibility index (Phi) is 3.62. The summed E-state index contributed by atoms with van der Waals surface area (Å²) in [6.07, 6.45) is 1.97. The van der Waals surface area contributed by atoms with Crippen LogP contribution >= 0.6 is 0 Å². The number of benzene rings is 1. The normalized spacial score (nSPS) is 16.9. The number of hydrogen-bond donors (Lipinski definition) is 1. The van der Waals surface area contributed by atoms with Crippen molar-refractivity contribution in [2.24, 2.45) is 0 Å². The topological polar surface area (TPSA) is 58.4 Å². The van der Waals surface area contributed by atoms with E-state index < -0.39 is 0 Å². The maximum atomic E-state index is 5.01. The molecule has 0 radical (unpaired) electrons. The maximum Gasteiger partial charge on any atom is 0.187 e. The van der Waals surface area contributed by atoms with Crippen LogP contribution in [0.2, 0.25) is 0 Å². The van der Waals surface area contributed by atoms with Crippen LogP contribution < -0.4 is 10.2 Å². The van der Waals surface area contributed by atoms with Crippen molar-refractivity contribution in [2.75, 3.05) is 24.5 Å². The molecule has 1 aromatic carbocycles. The number of nitrogens with zero attached hydrogens (tertiary/aromatic N) is 5. The standard InChI is InChI=1S/C21H22N6/c1-21(2)14-26(13-11-22-21)17-7-5-6-15-9-10-16(23-19(15)17)20-25-24-18-8-3-4-12-27(18)20/h3-10,12,22H,11,13-14H2,1-2H3. The van der Waals surface area contributed by atoms with E-state index in [0.29, 0.717) is 0 Å². The Bertz CT molecular complexity index is 1130. The number of rotatable bonds is 2. The number of hydrogen-bond acceptors (Lipinski definition) is 5. The van der Waals surface area contributed by atoms with Gasteiger partial charge in [0.2, 0.25) is 0 Å². The van der Waals surface area contributed by atoms with Gasteiger partial charge in [-0.1, -0.05) is 24.3 Å². The Morgan fingerprint density at radius 2 is 1.93 bits per heavy atom. The first kappa shape index (κ1) is 16.2. The van der Waals surface area contributed by atoms with Crippen molar-refractivity contribution in [2.45, 2.75) is 19.4 Å². The van der Waals surface area contributed by atoms with Gasteiger partial charge in [-0.15, -0.1) is 10.2 Å². The molecule has 1 fully saturated rings. The van der Waals surface area contributed by atoms with Gasteiger partial charge in [0.25, 0.3) is 0 Å². The average Bonchev–Trinajstić information content (AvgIpc) is 3.10. The molecule has 27 heavy (non-hydrogen) atoms. The van der Waals surface area contributed by atoms with E-state index in [-0.39, 0.29) is 5.54 Å². The molecule has 0 unspecified atom stereocenters. The maximum absolute atomic E-state index is 5.01. The lowest BCUT2D eigenvalue weighted by atomic mass is 10.0. The minimum atomic E-state index is 0.0846. The molecule has 6 nitrogen and oxygen atoms in total. The third-order valence-electron chi connectivity index (χ3n) is 5.15. The predicted octanol–water partition coefficient (Wildman–Crippen LogP) is 3.13. The summed E-state index contributed by atoms with van der Waals surface area (Å²) < 4.78 is 1.98. The molecule has 0 saturated carbocycles. The smallest absolute Gasteiger partial charge is 0.187 e. The summed E-state index contributed by atoms with van der Waals surface area (Å²) in [5.74, 6) is 0.767. The molecule has 0 aliphatic carbocycles. The molecule has 0 amide bonds. The molecule has 4 aromatic rings. The van der Waals surface area contributed by atoms with Crippen LogP contribution in [0.4, 0.5) is 5.69 Å². The summed E-state index contributed by atoms with van der Waals surface area (Å²) in [7, 11) is 0. The highest BCUT2D eigenvalue weighted by Gasteiger charge is 2.27. The first-order chi connectivity index (χ1) is 13.1. The average molecular weight is 358 g/mol. The number of anilines is 1. The lowest BCUT2D eigenvalue weighted by molar-refractivity contribution is 0.353. The zero-order valence-electron chi connectivity index (χ0n) is 15.6. The first-order valence-corrected chi connectivity index (χ1v) is 9.31. The second-order valence-corrected chi connectivity index (χ2v) is 7.73. The second kappa shape index (κ2) is 6.03. The Labute approximate surface area is 157 Å². The SMILES string of the molecule is CC1(C)CN(c2cccc3ccc(-c4nnc5ccccn45)nc23)CCN1. The van der Waals surface area contributed by atoms with Crippen LogP contribution in [-0.2, 0) is 0 Å². The van der Waals surface area contributed by atoms with E-state index in [2.05, 4.69) is 58.5 Å². The summed E-state index contributed by atoms with van der Waals surface area (Å²) in [4.78, 5) is 7.43. The van der Waals surface area contributed by atoms with E-state index in [1.54, 1.807) is 0 Å². The highest BCUT2D eigenvalue weighted by atomic mass is 15.3. The fourth-order valence-corrected chi connectivity index (χ4v) is 3.87. The summed E-state index contributed by atoms with van der Waals surface area (Å²) in [6.45, 7) is 7.38. The van der Waals surface area contributed by atoms with Crippen molar-refractivity contribution < 1.29 is 0 Å². The Morgan fingerprint density at radius 1 is 1.00 bits per heavy atom. The van der Waals surface area contributed by atoms with Gasteiger partial charge in [0.1, 0.15) is 5.69 Å². The molecular formula is C21H22N6. The van der Waals surface area contributed by atoms with Gasteiger partial charge < -0.3 is 10.2 Å². The van der Waals surface area contributed by atoms with Gasteiger partial charge in [-0.05, 0) is 38.1 Å². The molecule has 0 bridgehead atoms. The highest BCUT2D eigenvalue weighted by Crippen LogP contribution is 2.29. The highest BCUT2D eigenvalue weighted by molar-refractivity contribution is 5.92. The van der Waals surface area contributed by atoms with Crippen LogP contribution in [0.25, 0.3) is 28.1 Å². The molecule has 1 aliphatic heterocycles. The molecule has 136 valence electrons. The zero-order chi connectivity index (χ0) is 18.4. The van der Waals surface area contributed by atoms with Crippen LogP contribution in [0.3, 0.4) is 0 Å². The van der Waals surface area contributed by atoms with Crippen LogP contribution in [0.5, 0.6) is 0 Å². The summed E-state index contributed by atoms with van der Waals surface area (Å²) in [6, 6.07) is 16.4. The van der Waals surface area contributed by atoms with Crippen LogP contribution in [-0.4, -0.2) is 44.8 Å². The second-order valence-electron chi connectivity index (χ2n) is 7.73. The lowest BCUT2D eigenvalue weighted by Crippen LogP contribution is -2.57. The van der Waals surface area contributed by atoms with E-state index in [0.717, 1.165) is 47.7 Å². The fourth-order valence-electron chi connectivity index (χ4n) is 3.87. The summed E-state index contributed by atoms with van der Waals surface area (Å²) in [5.41, 5.74) is 3.94. The minimum absolute atomic E-state index is 0.0846. The first-order valence-electron chi connectivity index (χ1n) is 9.31. The number of pyridine rings is 2. The van der Waals surface area contributed by atoms with Crippen molar-refractivity contribution in [1.82, 2.24) is 24.9 Å². The predicted molar refractivity (Wildman–Crippen MR) is 108 cm³/mol. The van der Waals surface area contributed by atoms with Gasteiger partial charge >= 0.3 is 0 Å². The van der Waals surface area contributed by atoms with Crippen molar-refractivity contribution in [1.29, 1.82) is 0 Å². The molecular weight excluding hydrogens is 336 g/mol. The number of piperazine rings is 1. The van der Waals surface area contributed by atoms with Gasteiger partial charge in [0.05, 0.1) is 11.2 Å². The van der Waals surface area contributed by atoms with E-state index in [1.807, 2.05) is 34.9 Å². The van der Waals surface area contributed by atoms with Gasteiger partial charge in [-0.2, -0.15) is 0 Å². The van der Waals surface area contributed by atoms with Crippen molar-refractivity contribution in [3.63, 3.8) is 0 Å². The number of fused-ring (bicyclic) bond motifs is 2. The van der Waals surface area contributed by atoms with Gasteiger partial charge in [0.15, 0.2) is 11.5 Å². The van der Waals surface area contributed by atoms with Crippen molar-refractivity contribution in [3.05, 3.63) is 54.7 Å². The molecule has 1 N–H and O–H groups in total.